The van der Waals surface area contributed by atoms with Crippen molar-refractivity contribution in [3.63, 3.8) is 0 Å². The summed E-state index contributed by atoms with van der Waals surface area (Å²) in [5.41, 5.74) is 0.422. The van der Waals surface area contributed by atoms with Crippen LogP contribution in [0.15, 0.2) is 18.2 Å². The smallest absolute Gasteiger partial charge is 0.128 e. The van der Waals surface area contributed by atoms with E-state index in [1.807, 2.05) is 0 Å². The third-order valence-corrected chi connectivity index (χ3v) is 2.53. The molecule has 0 spiro atoms. The molecule has 1 nitrogen and oxygen atoms in total. The fourth-order valence-electron chi connectivity index (χ4n) is 1.65. The summed E-state index contributed by atoms with van der Waals surface area (Å²) < 4.78 is 26.4. The number of hydrogen-bond acceptors (Lipinski definition) is 1. The number of nitrogens with one attached hydrogen (secondary N) is 1. The monoisotopic (exact) mass is 213 g/mol. The van der Waals surface area contributed by atoms with Gasteiger partial charge in [0, 0.05) is 11.6 Å². The van der Waals surface area contributed by atoms with Crippen LogP contribution in [0.25, 0.3) is 0 Å². The van der Waals surface area contributed by atoms with Gasteiger partial charge in [-0.3, -0.25) is 0 Å². The van der Waals surface area contributed by atoms with Crippen LogP contribution < -0.4 is 5.32 Å². The molecule has 1 rings (SSSR count). The molecule has 0 aromatic heterocycles. The van der Waals surface area contributed by atoms with Crippen LogP contribution in [0.1, 0.15) is 37.8 Å². The first-order chi connectivity index (χ1) is 7.19. The predicted octanol–water partition coefficient (Wildman–Crippen LogP) is 3.42. The van der Waals surface area contributed by atoms with E-state index in [2.05, 4.69) is 12.2 Å². The molecule has 0 aliphatic heterocycles. The zero-order valence-electron chi connectivity index (χ0n) is 9.19. The minimum absolute atomic E-state index is 0.0966. The molecule has 1 aromatic rings. The van der Waals surface area contributed by atoms with Crippen LogP contribution in [-0.2, 0) is 0 Å². The van der Waals surface area contributed by atoms with E-state index < -0.39 is 0 Å². The van der Waals surface area contributed by atoms with Gasteiger partial charge in [-0.15, -0.1) is 0 Å². The largest absolute Gasteiger partial charge is 0.313 e. The number of hydrogen-bond donors (Lipinski definition) is 1. The third-order valence-electron chi connectivity index (χ3n) is 2.53. The van der Waals surface area contributed by atoms with Crippen LogP contribution in [0, 0.1) is 11.6 Å². The van der Waals surface area contributed by atoms with Crippen LogP contribution in [0.3, 0.4) is 0 Å². The standard InChI is InChI=1S/C12H17F2N/c1-3-4-5-12(15-2)10-8-9(13)6-7-11(10)14/h6-8,12,15H,3-5H2,1-2H3. The van der Waals surface area contributed by atoms with Gasteiger partial charge >= 0.3 is 0 Å². The van der Waals surface area contributed by atoms with Crippen molar-refractivity contribution in [2.24, 2.45) is 0 Å². The fourth-order valence-corrected chi connectivity index (χ4v) is 1.65. The van der Waals surface area contributed by atoms with Crippen molar-refractivity contribution in [1.82, 2.24) is 5.32 Å². The van der Waals surface area contributed by atoms with Gasteiger partial charge in [0.15, 0.2) is 0 Å². The predicted molar refractivity (Wildman–Crippen MR) is 57.7 cm³/mol. The highest BCUT2D eigenvalue weighted by Gasteiger charge is 2.13. The lowest BCUT2D eigenvalue weighted by molar-refractivity contribution is 0.485. The van der Waals surface area contributed by atoms with E-state index in [0.717, 1.165) is 25.3 Å². The van der Waals surface area contributed by atoms with Gasteiger partial charge in [-0.05, 0) is 31.7 Å². The lowest BCUT2D eigenvalue weighted by Gasteiger charge is -2.16. The van der Waals surface area contributed by atoms with Gasteiger partial charge in [0.1, 0.15) is 11.6 Å². The van der Waals surface area contributed by atoms with Crippen LogP contribution in [0.2, 0.25) is 0 Å². The fraction of sp³-hybridized carbons (Fsp3) is 0.500. The Kier molecular flexibility index (Phi) is 4.69. The molecule has 0 heterocycles. The highest BCUT2D eigenvalue weighted by molar-refractivity contribution is 5.22. The molecule has 0 saturated carbocycles. The second-order valence-corrected chi connectivity index (χ2v) is 3.65. The molecule has 0 aliphatic carbocycles. The molecular weight excluding hydrogens is 196 g/mol. The SMILES string of the molecule is CCCCC(NC)c1cc(F)ccc1F. The molecule has 1 aromatic carbocycles. The Bertz CT molecular complexity index is 312. The summed E-state index contributed by atoms with van der Waals surface area (Å²) in [5.74, 6) is -0.727. The van der Waals surface area contributed by atoms with E-state index in [1.165, 1.54) is 12.1 Å². The zero-order chi connectivity index (χ0) is 11.3. The number of halogens is 2. The minimum Gasteiger partial charge on any atom is -0.313 e. The molecule has 15 heavy (non-hydrogen) atoms. The minimum atomic E-state index is -0.386. The quantitative estimate of drug-likeness (QED) is 0.790. The van der Waals surface area contributed by atoms with Gasteiger partial charge in [0.25, 0.3) is 0 Å². The number of unbranched alkanes of at least 4 members (excludes halogenated alkanes) is 1. The van der Waals surface area contributed by atoms with Gasteiger partial charge in [0.2, 0.25) is 0 Å². The summed E-state index contributed by atoms with van der Waals surface area (Å²) in [5, 5.41) is 3.01. The zero-order valence-corrected chi connectivity index (χ0v) is 9.19. The lowest BCUT2D eigenvalue weighted by Crippen LogP contribution is -2.17. The summed E-state index contributed by atoms with van der Waals surface area (Å²) in [6.45, 7) is 2.08. The molecule has 0 bridgehead atoms. The number of benzene rings is 1. The highest BCUT2D eigenvalue weighted by Crippen LogP contribution is 2.22. The maximum absolute atomic E-state index is 13.4. The number of rotatable bonds is 5. The van der Waals surface area contributed by atoms with E-state index in [4.69, 9.17) is 0 Å². The van der Waals surface area contributed by atoms with Crippen molar-refractivity contribution in [2.45, 2.75) is 32.2 Å². The molecule has 0 saturated heterocycles. The van der Waals surface area contributed by atoms with Gasteiger partial charge in [-0.2, -0.15) is 0 Å². The van der Waals surface area contributed by atoms with Crippen molar-refractivity contribution >= 4 is 0 Å². The molecule has 0 amide bonds. The summed E-state index contributed by atoms with van der Waals surface area (Å²) in [7, 11) is 1.77. The Hall–Kier alpha value is -0.960. The average molecular weight is 213 g/mol. The first-order valence-corrected chi connectivity index (χ1v) is 5.31. The second-order valence-electron chi connectivity index (χ2n) is 3.65. The molecule has 1 N–H and O–H groups in total. The van der Waals surface area contributed by atoms with Crippen LogP contribution in [-0.4, -0.2) is 7.05 Å². The topological polar surface area (TPSA) is 12.0 Å². The Balaban J connectivity index is 2.85. The Morgan fingerprint density at radius 1 is 1.33 bits per heavy atom. The van der Waals surface area contributed by atoms with Crippen LogP contribution in [0.5, 0.6) is 0 Å². The summed E-state index contributed by atoms with van der Waals surface area (Å²) in [6, 6.07) is 3.50. The first-order valence-electron chi connectivity index (χ1n) is 5.31. The maximum Gasteiger partial charge on any atom is 0.128 e. The third kappa shape index (κ3) is 3.27. The van der Waals surface area contributed by atoms with Gasteiger partial charge in [-0.25, -0.2) is 8.78 Å². The summed E-state index contributed by atoms with van der Waals surface area (Å²) in [6.07, 6.45) is 2.88. The van der Waals surface area contributed by atoms with Gasteiger partial charge < -0.3 is 5.32 Å². The molecule has 0 aliphatic rings. The Morgan fingerprint density at radius 2 is 2.07 bits per heavy atom. The summed E-state index contributed by atoms with van der Waals surface area (Å²) in [4.78, 5) is 0. The van der Waals surface area contributed by atoms with Gasteiger partial charge in [-0.1, -0.05) is 19.8 Å². The van der Waals surface area contributed by atoms with Crippen LogP contribution in [0.4, 0.5) is 8.78 Å². The molecular formula is C12H17F2N. The lowest BCUT2D eigenvalue weighted by atomic mass is 10.0. The molecule has 0 fully saturated rings. The van der Waals surface area contributed by atoms with E-state index >= 15 is 0 Å². The van der Waals surface area contributed by atoms with Crippen molar-refractivity contribution < 1.29 is 8.78 Å². The average Bonchev–Trinajstić information content (AvgIpc) is 2.24. The Labute approximate surface area is 89.5 Å². The second kappa shape index (κ2) is 5.81. The van der Waals surface area contributed by atoms with Crippen molar-refractivity contribution in [3.8, 4) is 0 Å². The normalized spacial score (nSPS) is 12.8. The van der Waals surface area contributed by atoms with E-state index in [0.29, 0.717) is 5.56 Å². The van der Waals surface area contributed by atoms with Crippen LogP contribution >= 0.6 is 0 Å². The molecule has 3 heteroatoms. The maximum atomic E-state index is 13.4. The molecule has 1 atom stereocenters. The van der Waals surface area contributed by atoms with Gasteiger partial charge in [0.05, 0.1) is 0 Å². The first kappa shape index (κ1) is 12.1. The van der Waals surface area contributed by atoms with Crippen molar-refractivity contribution in [1.29, 1.82) is 0 Å². The van der Waals surface area contributed by atoms with Crippen molar-refractivity contribution in [2.75, 3.05) is 7.05 Å². The molecule has 84 valence electrons. The van der Waals surface area contributed by atoms with E-state index in [9.17, 15) is 8.78 Å². The molecule has 1 unspecified atom stereocenters. The van der Waals surface area contributed by atoms with E-state index in [-0.39, 0.29) is 17.7 Å². The van der Waals surface area contributed by atoms with Crippen molar-refractivity contribution in [3.05, 3.63) is 35.4 Å². The highest BCUT2D eigenvalue weighted by atomic mass is 19.1. The summed E-state index contributed by atoms with van der Waals surface area (Å²) >= 11 is 0. The van der Waals surface area contributed by atoms with E-state index in [1.54, 1.807) is 7.05 Å². The molecule has 0 radical (unpaired) electrons. The Morgan fingerprint density at radius 3 is 2.67 bits per heavy atom.